The first-order valence-electron chi connectivity index (χ1n) is 4.12. The molecule has 8 heteroatoms. The summed E-state index contributed by atoms with van der Waals surface area (Å²) in [5.41, 5.74) is -1.31. The summed E-state index contributed by atoms with van der Waals surface area (Å²) in [4.78, 5) is 55.6. The molecule has 2 heterocycles. The molecule has 0 aromatic carbocycles. The SMILES string of the molecule is O=C1NC(=O)C(=C2C(=O)COC2=O)C(=O)N1. The number of ether oxygens (including phenoxy) is 1. The van der Waals surface area contributed by atoms with E-state index < -0.39 is 47.4 Å². The van der Waals surface area contributed by atoms with Gasteiger partial charge in [-0.3, -0.25) is 25.0 Å². The van der Waals surface area contributed by atoms with Gasteiger partial charge in [-0.1, -0.05) is 0 Å². The number of carbonyl (C=O) groups excluding carboxylic acids is 5. The van der Waals surface area contributed by atoms with Crippen LogP contribution in [0.15, 0.2) is 11.1 Å². The van der Waals surface area contributed by atoms with Crippen LogP contribution in [0.2, 0.25) is 0 Å². The van der Waals surface area contributed by atoms with Crippen LogP contribution in [0.25, 0.3) is 0 Å². The quantitative estimate of drug-likeness (QED) is 0.273. The van der Waals surface area contributed by atoms with Crippen molar-refractivity contribution in [3.05, 3.63) is 11.1 Å². The average molecular weight is 224 g/mol. The number of hydrogen-bond donors (Lipinski definition) is 2. The first kappa shape index (κ1) is 10.0. The lowest BCUT2D eigenvalue weighted by Crippen LogP contribution is -2.52. The minimum atomic E-state index is -1.09. The van der Waals surface area contributed by atoms with Gasteiger partial charge >= 0.3 is 12.0 Å². The van der Waals surface area contributed by atoms with E-state index >= 15 is 0 Å². The lowest BCUT2D eigenvalue weighted by Gasteiger charge is -2.14. The Kier molecular flexibility index (Phi) is 2.04. The second kappa shape index (κ2) is 3.26. The molecule has 82 valence electrons. The van der Waals surface area contributed by atoms with Crippen LogP contribution in [0.1, 0.15) is 0 Å². The van der Waals surface area contributed by atoms with E-state index in [2.05, 4.69) is 4.74 Å². The fourth-order valence-corrected chi connectivity index (χ4v) is 1.32. The van der Waals surface area contributed by atoms with Crippen molar-refractivity contribution >= 4 is 29.6 Å². The fraction of sp³-hybridized carbons (Fsp3) is 0.125. The molecule has 16 heavy (non-hydrogen) atoms. The van der Waals surface area contributed by atoms with Crippen LogP contribution in [0.3, 0.4) is 0 Å². The summed E-state index contributed by atoms with van der Waals surface area (Å²) in [5.74, 6) is -3.98. The molecule has 0 spiro atoms. The second-order valence-corrected chi connectivity index (χ2v) is 2.99. The smallest absolute Gasteiger partial charge is 0.343 e. The van der Waals surface area contributed by atoms with Gasteiger partial charge in [-0.2, -0.15) is 0 Å². The normalized spacial score (nSPS) is 20.9. The maximum absolute atomic E-state index is 11.3. The van der Waals surface area contributed by atoms with Gasteiger partial charge in [-0.25, -0.2) is 9.59 Å². The van der Waals surface area contributed by atoms with Crippen molar-refractivity contribution in [1.82, 2.24) is 10.6 Å². The molecule has 0 bridgehead atoms. The Morgan fingerprint density at radius 2 is 1.44 bits per heavy atom. The standard InChI is InChI=1S/C8H4N2O6/c11-2-1-16-7(14)3(2)4-5(12)9-8(15)10-6(4)13/h1H2,(H2,9,10,12,13,15). The Morgan fingerprint density at radius 3 is 1.88 bits per heavy atom. The summed E-state index contributed by atoms with van der Waals surface area (Å²) in [6.45, 7) is -0.508. The van der Waals surface area contributed by atoms with Crippen LogP contribution in [-0.4, -0.2) is 36.2 Å². The van der Waals surface area contributed by atoms with E-state index in [1.54, 1.807) is 10.6 Å². The van der Waals surface area contributed by atoms with E-state index in [0.29, 0.717) is 0 Å². The first-order chi connectivity index (χ1) is 7.50. The summed E-state index contributed by atoms with van der Waals surface area (Å²) >= 11 is 0. The van der Waals surface area contributed by atoms with Crippen LogP contribution in [-0.2, 0) is 23.9 Å². The molecule has 4 amide bonds. The molecule has 2 fully saturated rings. The van der Waals surface area contributed by atoms with Gasteiger partial charge in [-0.05, 0) is 0 Å². The Hall–Kier alpha value is -2.51. The molecule has 8 nitrogen and oxygen atoms in total. The Bertz CT molecular complexity index is 449. The molecule has 0 saturated carbocycles. The van der Waals surface area contributed by atoms with Crippen molar-refractivity contribution in [2.45, 2.75) is 0 Å². The maximum Gasteiger partial charge on any atom is 0.343 e. The number of nitrogens with one attached hydrogen (secondary N) is 2. The van der Waals surface area contributed by atoms with Gasteiger partial charge in [0.05, 0.1) is 0 Å². The molecule has 2 rings (SSSR count). The average Bonchev–Trinajstić information content (AvgIpc) is 2.47. The zero-order valence-electron chi connectivity index (χ0n) is 7.66. The van der Waals surface area contributed by atoms with E-state index in [0.717, 1.165) is 0 Å². The summed E-state index contributed by atoms with van der Waals surface area (Å²) < 4.78 is 4.36. The molecule has 0 aromatic rings. The third kappa shape index (κ3) is 1.36. The number of ketones is 1. The van der Waals surface area contributed by atoms with Crippen LogP contribution in [0.5, 0.6) is 0 Å². The van der Waals surface area contributed by atoms with Crippen molar-refractivity contribution in [1.29, 1.82) is 0 Å². The van der Waals surface area contributed by atoms with Gasteiger partial charge in [0, 0.05) is 0 Å². The molecule has 2 N–H and O–H groups in total. The Balaban J connectivity index is 2.53. The fourth-order valence-electron chi connectivity index (χ4n) is 1.32. The van der Waals surface area contributed by atoms with Gasteiger partial charge in [-0.15, -0.1) is 0 Å². The van der Waals surface area contributed by atoms with Crippen molar-refractivity contribution in [2.24, 2.45) is 0 Å². The second-order valence-electron chi connectivity index (χ2n) is 2.99. The number of barbiturate groups is 1. The zero-order chi connectivity index (χ0) is 11.9. The van der Waals surface area contributed by atoms with E-state index in [1.165, 1.54) is 0 Å². The number of esters is 1. The summed E-state index contributed by atoms with van der Waals surface area (Å²) in [6.07, 6.45) is 0. The maximum atomic E-state index is 11.3. The molecular weight excluding hydrogens is 220 g/mol. The Morgan fingerprint density at radius 1 is 0.875 bits per heavy atom. The van der Waals surface area contributed by atoms with E-state index in [1.807, 2.05) is 0 Å². The predicted molar refractivity (Wildman–Crippen MR) is 44.7 cm³/mol. The third-order valence-electron chi connectivity index (χ3n) is 1.98. The number of amides is 4. The minimum absolute atomic E-state index is 0.508. The molecule has 0 atom stereocenters. The highest BCUT2D eigenvalue weighted by molar-refractivity contribution is 6.37. The van der Waals surface area contributed by atoms with Crippen LogP contribution in [0.4, 0.5) is 4.79 Å². The predicted octanol–water partition coefficient (Wildman–Crippen LogP) is -2.23. The van der Waals surface area contributed by atoms with E-state index in [9.17, 15) is 24.0 Å². The number of carbonyl (C=O) groups is 5. The lowest BCUT2D eigenvalue weighted by molar-refractivity contribution is -0.136. The highest BCUT2D eigenvalue weighted by Crippen LogP contribution is 2.16. The molecule has 0 aliphatic carbocycles. The third-order valence-corrected chi connectivity index (χ3v) is 1.98. The highest BCUT2D eigenvalue weighted by atomic mass is 16.5. The molecular formula is C8H4N2O6. The summed E-state index contributed by atoms with van der Waals surface area (Å²) in [5, 5.41) is 3.50. The monoisotopic (exact) mass is 224 g/mol. The lowest BCUT2D eigenvalue weighted by atomic mass is 10.0. The molecule has 0 unspecified atom stereocenters. The van der Waals surface area contributed by atoms with Gasteiger partial charge in [0.1, 0.15) is 11.1 Å². The minimum Gasteiger partial charge on any atom is -0.454 e. The van der Waals surface area contributed by atoms with Gasteiger partial charge in [0.25, 0.3) is 11.8 Å². The topological polar surface area (TPSA) is 119 Å². The molecule has 0 radical (unpaired) electrons. The van der Waals surface area contributed by atoms with Crippen LogP contribution < -0.4 is 10.6 Å². The Labute approximate surface area is 87.6 Å². The van der Waals surface area contributed by atoms with Crippen molar-refractivity contribution in [3.8, 4) is 0 Å². The largest absolute Gasteiger partial charge is 0.454 e. The van der Waals surface area contributed by atoms with Crippen molar-refractivity contribution < 1.29 is 28.7 Å². The van der Waals surface area contributed by atoms with Crippen LogP contribution >= 0.6 is 0 Å². The number of Topliss-reactive ketones (excluding diaryl/α,β-unsaturated/α-hetero) is 1. The van der Waals surface area contributed by atoms with Gasteiger partial charge in [0.15, 0.2) is 6.61 Å². The zero-order valence-corrected chi connectivity index (χ0v) is 7.66. The first-order valence-corrected chi connectivity index (χ1v) is 4.12. The number of cyclic esters (lactones) is 1. The summed E-state index contributed by atoms with van der Waals surface area (Å²) in [7, 11) is 0. The van der Waals surface area contributed by atoms with Gasteiger partial charge < -0.3 is 4.74 Å². The molecule has 2 aliphatic rings. The van der Waals surface area contributed by atoms with E-state index in [-0.39, 0.29) is 0 Å². The molecule has 2 saturated heterocycles. The van der Waals surface area contributed by atoms with Crippen molar-refractivity contribution in [2.75, 3.05) is 6.61 Å². The molecule has 2 aliphatic heterocycles. The number of rotatable bonds is 0. The summed E-state index contributed by atoms with van der Waals surface area (Å²) in [6, 6.07) is -1.00. The molecule has 0 aromatic heterocycles. The van der Waals surface area contributed by atoms with Crippen LogP contribution in [0, 0.1) is 0 Å². The van der Waals surface area contributed by atoms with Crippen molar-refractivity contribution in [3.63, 3.8) is 0 Å². The number of urea groups is 1. The highest BCUT2D eigenvalue weighted by Gasteiger charge is 2.40. The van der Waals surface area contributed by atoms with Gasteiger partial charge in [0.2, 0.25) is 5.78 Å². The number of hydrogen-bond acceptors (Lipinski definition) is 6. The van der Waals surface area contributed by atoms with E-state index in [4.69, 9.17) is 0 Å². The number of imide groups is 2.